The van der Waals surface area contributed by atoms with Crippen LogP contribution in [0.4, 0.5) is 5.82 Å². The molecule has 2 aromatic rings. The molecule has 120 valence electrons. The number of imidazole rings is 1. The van der Waals surface area contributed by atoms with Crippen molar-refractivity contribution in [3.05, 3.63) is 12.7 Å². The molecule has 3 rings (SSSR count). The zero-order valence-electron chi connectivity index (χ0n) is 15.4. The van der Waals surface area contributed by atoms with Crippen LogP contribution in [0.1, 0.15) is 19.1 Å². The van der Waals surface area contributed by atoms with Gasteiger partial charge in [0.1, 0.15) is 18.1 Å². The first-order chi connectivity index (χ1) is 10.5. The Morgan fingerprint density at radius 3 is 2.65 bits per heavy atom. The minimum atomic E-state index is -4.02. The summed E-state index contributed by atoms with van der Waals surface area (Å²) in [4.78, 5) is 21.4. The number of fused-ring (bicyclic) bond motifs is 1. The quantitative estimate of drug-likeness (QED) is 0.386. The van der Waals surface area contributed by atoms with E-state index in [0.29, 0.717) is 29.8 Å². The number of aromatic nitrogens is 4. The molecule has 4 unspecified atom stereocenters. The molecule has 3 heterocycles. The fraction of sp³-hybridized carbons (Fsp3) is 0.500. The number of nitrogen functional groups attached to an aromatic ring is 1. The van der Waals surface area contributed by atoms with Crippen molar-refractivity contribution < 1.29 is 98.5 Å². The SMILES string of the molecule is Nc1ncnc2c1ncn2C1CCC(COP(=O)(O)OP)O1.[Li+].[Li+].[Li+].[Li+]. The molecular weight excluding hydrogens is 360 g/mol. The third-order valence-electron chi connectivity index (χ3n) is 3.34. The number of rotatable bonds is 5. The van der Waals surface area contributed by atoms with Crippen molar-refractivity contribution in [1.29, 1.82) is 0 Å². The first kappa shape index (κ1) is 29.4. The number of nitrogens with zero attached hydrogens (tertiary/aromatic N) is 4. The summed E-state index contributed by atoms with van der Waals surface area (Å²) in [5, 5.41) is 0. The van der Waals surface area contributed by atoms with Gasteiger partial charge in [-0.2, -0.15) is 0 Å². The Morgan fingerprint density at radius 2 is 2.00 bits per heavy atom. The van der Waals surface area contributed by atoms with Gasteiger partial charge in [-0.25, -0.2) is 19.5 Å². The summed E-state index contributed by atoms with van der Waals surface area (Å²) >= 11 is 0. The van der Waals surface area contributed by atoms with Crippen molar-refractivity contribution >= 4 is 34.3 Å². The second kappa shape index (κ2) is 12.7. The van der Waals surface area contributed by atoms with Crippen LogP contribution in [0.25, 0.3) is 11.2 Å². The Bertz CT molecular complexity index is 741. The van der Waals surface area contributed by atoms with Crippen molar-refractivity contribution in [1.82, 2.24) is 19.5 Å². The maximum absolute atomic E-state index is 11.3. The molecule has 0 bridgehead atoms. The Hall–Kier alpha value is 1.24. The van der Waals surface area contributed by atoms with Crippen molar-refractivity contribution in [3.63, 3.8) is 0 Å². The summed E-state index contributed by atoms with van der Waals surface area (Å²) in [6.45, 7) is -0.0393. The first-order valence-corrected chi connectivity index (χ1v) is 8.41. The van der Waals surface area contributed by atoms with Crippen LogP contribution in [0.5, 0.6) is 0 Å². The van der Waals surface area contributed by atoms with Gasteiger partial charge in [-0.15, -0.1) is 0 Å². The van der Waals surface area contributed by atoms with Gasteiger partial charge < -0.3 is 15.4 Å². The molecule has 26 heavy (non-hydrogen) atoms. The summed E-state index contributed by atoms with van der Waals surface area (Å²) in [5.41, 5.74) is 6.84. The predicted octanol–water partition coefficient (Wildman–Crippen LogP) is -11.0. The Kier molecular flexibility index (Phi) is 14.4. The summed E-state index contributed by atoms with van der Waals surface area (Å²) in [6, 6.07) is 0. The first-order valence-electron chi connectivity index (χ1n) is 6.44. The van der Waals surface area contributed by atoms with Gasteiger partial charge >= 0.3 is 83.3 Å². The Morgan fingerprint density at radius 1 is 1.31 bits per heavy atom. The van der Waals surface area contributed by atoms with E-state index in [0.717, 1.165) is 0 Å². The average Bonchev–Trinajstić information content (AvgIpc) is 3.12. The summed E-state index contributed by atoms with van der Waals surface area (Å²) in [5.74, 6) is 0.306. The van der Waals surface area contributed by atoms with Gasteiger partial charge in [-0.3, -0.25) is 13.4 Å². The molecular formula is C10H15Li4N5O5P2+4. The number of anilines is 1. The fourth-order valence-corrected chi connectivity index (χ4v) is 2.90. The number of ether oxygens (including phenoxy) is 1. The van der Waals surface area contributed by atoms with Crippen LogP contribution in [0.15, 0.2) is 12.7 Å². The van der Waals surface area contributed by atoms with Gasteiger partial charge in [-0.05, 0) is 12.8 Å². The number of hydrogen-bond acceptors (Lipinski definition) is 8. The summed E-state index contributed by atoms with van der Waals surface area (Å²) in [6.07, 6.45) is 3.71. The van der Waals surface area contributed by atoms with Crippen molar-refractivity contribution in [2.45, 2.75) is 25.2 Å². The molecule has 4 atom stereocenters. The molecule has 16 heteroatoms. The van der Waals surface area contributed by atoms with Crippen molar-refractivity contribution in [2.75, 3.05) is 12.3 Å². The van der Waals surface area contributed by atoms with E-state index in [4.69, 9.17) is 15.0 Å². The molecule has 0 radical (unpaired) electrons. The van der Waals surface area contributed by atoms with E-state index in [1.54, 1.807) is 20.4 Å². The average molecular weight is 375 g/mol. The van der Waals surface area contributed by atoms with Gasteiger partial charge in [0.2, 0.25) is 0 Å². The van der Waals surface area contributed by atoms with Gasteiger partial charge in [0.05, 0.1) is 19.0 Å². The van der Waals surface area contributed by atoms with Crippen LogP contribution < -0.4 is 81.2 Å². The van der Waals surface area contributed by atoms with E-state index >= 15 is 0 Å². The van der Waals surface area contributed by atoms with Crippen LogP contribution in [-0.4, -0.2) is 37.1 Å². The smallest absolute Gasteiger partial charge is 0.382 e. The van der Waals surface area contributed by atoms with Crippen LogP contribution >= 0.6 is 17.3 Å². The van der Waals surface area contributed by atoms with E-state index in [-0.39, 0.29) is 94.4 Å². The third-order valence-corrected chi connectivity index (χ3v) is 4.88. The molecule has 2 aromatic heterocycles. The molecule has 1 fully saturated rings. The minimum Gasteiger partial charge on any atom is -0.382 e. The number of phosphoric ester groups is 1. The van der Waals surface area contributed by atoms with Gasteiger partial charge in [0, 0.05) is 9.47 Å². The number of phosphoric acid groups is 1. The fourth-order valence-electron chi connectivity index (χ4n) is 2.30. The second-order valence-electron chi connectivity index (χ2n) is 4.74. The van der Waals surface area contributed by atoms with E-state index in [1.807, 2.05) is 0 Å². The molecule has 1 aliphatic rings. The maximum Gasteiger partial charge on any atom is 1.00 e. The molecule has 1 saturated heterocycles. The number of hydrogen-bond donors (Lipinski definition) is 2. The normalized spacial score (nSPS) is 20.8. The van der Waals surface area contributed by atoms with Crippen molar-refractivity contribution in [2.24, 2.45) is 0 Å². The summed E-state index contributed by atoms with van der Waals surface area (Å²) < 4.78 is 27.9. The summed E-state index contributed by atoms with van der Waals surface area (Å²) in [7, 11) is -2.32. The van der Waals surface area contributed by atoms with E-state index < -0.39 is 7.82 Å². The predicted molar refractivity (Wildman–Crippen MR) is 79.5 cm³/mol. The van der Waals surface area contributed by atoms with Crippen LogP contribution in [0.2, 0.25) is 0 Å². The third kappa shape index (κ3) is 6.94. The number of nitrogens with two attached hydrogens (primary N) is 1. The van der Waals surface area contributed by atoms with Gasteiger partial charge in [-0.1, -0.05) is 0 Å². The molecule has 3 N–H and O–H groups in total. The molecule has 1 aliphatic heterocycles. The minimum absolute atomic E-state index is 0. The molecule has 0 aromatic carbocycles. The second-order valence-corrected chi connectivity index (χ2v) is 6.78. The molecule has 0 amide bonds. The Balaban J connectivity index is 0. The van der Waals surface area contributed by atoms with Crippen LogP contribution in [0.3, 0.4) is 0 Å². The molecule has 0 aliphatic carbocycles. The zero-order chi connectivity index (χ0) is 15.7. The van der Waals surface area contributed by atoms with E-state index in [9.17, 15) is 9.46 Å². The largest absolute Gasteiger partial charge is 1.00 e. The molecule has 10 nitrogen and oxygen atoms in total. The Labute approximate surface area is 201 Å². The van der Waals surface area contributed by atoms with E-state index in [2.05, 4.69) is 19.3 Å². The van der Waals surface area contributed by atoms with Gasteiger partial charge in [0.15, 0.2) is 11.5 Å². The zero-order valence-corrected chi connectivity index (χ0v) is 17.5. The topological polar surface area (TPSA) is 135 Å². The van der Waals surface area contributed by atoms with E-state index in [1.165, 1.54) is 6.33 Å². The van der Waals surface area contributed by atoms with Crippen molar-refractivity contribution in [3.8, 4) is 0 Å². The molecule has 0 saturated carbocycles. The standard InChI is InChI=1S/C10H15N5O5P2.4Li/c11-9-8-10(13-4-12-9)15(5-14-8)7-2-1-6(19-7)3-18-22(16,17)20-21;;;;/h4-7H,1-3,21H2,(H,16,17)(H2,11,12,13);;;;/q;4*+1. The molecule has 0 spiro atoms. The maximum atomic E-state index is 11.3. The monoisotopic (exact) mass is 375 g/mol. The van der Waals surface area contributed by atoms with Crippen LogP contribution in [-0.2, 0) is 18.1 Å². The van der Waals surface area contributed by atoms with Crippen LogP contribution in [0, 0.1) is 0 Å². The van der Waals surface area contributed by atoms with Gasteiger partial charge in [0.25, 0.3) is 0 Å².